The second-order valence-corrected chi connectivity index (χ2v) is 6.69. The molecule has 3 heteroatoms. The Morgan fingerprint density at radius 3 is 2.89 bits per heavy atom. The maximum Gasteiger partial charge on any atom is 0.0441 e. The lowest BCUT2D eigenvalue weighted by atomic mass is 10.1. The van der Waals surface area contributed by atoms with Crippen molar-refractivity contribution in [2.24, 2.45) is 0 Å². The molecule has 0 amide bonds. The highest BCUT2D eigenvalue weighted by atomic mass is 32.2. The summed E-state index contributed by atoms with van der Waals surface area (Å²) in [5, 5.41) is 13.0. The van der Waals surface area contributed by atoms with Crippen molar-refractivity contribution in [3.63, 3.8) is 0 Å². The minimum atomic E-state index is 0.273. The van der Waals surface area contributed by atoms with Gasteiger partial charge in [0.1, 0.15) is 0 Å². The van der Waals surface area contributed by atoms with Crippen molar-refractivity contribution >= 4 is 11.8 Å². The Bertz CT molecular complexity index is 390. The summed E-state index contributed by atoms with van der Waals surface area (Å²) in [6.45, 7) is 5.57. The van der Waals surface area contributed by atoms with Crippen LogP contribution in [0.3, 0.4) is 0 Å². The van der Waals surface area contributed by atoms with Gasteiger partial charge >= 0.3 is 0 Å². The number of aryl methyl sites for hydroxylation is 1. The molecule has 2 rings (SSSR count). The number of hydrogen-bond donors (Lipinski definition) is 2. The van der Waals surface area contributed by atoms with Gasteiger partial charge in [0.15, 0.2) is 0 Å². The normalized spacial score (nSPS) is 16.8. The van der Waals surface area contributed by atoms with Gasteiger partial charge in [-0.05, 0) is 37.8 Å². The monoisotopic (exact) mass is 265 g/mol. The van der Waals surface area contributed by atoms with Crippen LogP contribution >= 0.6 is 11.8 Å². The average Bonchev–Trinajstić information content (AvgIpc) is 3.14. The van der Waals surface area contributed by atoms with Crippen molar-refractivity contribution < 1.29 is 5.11 Å². The number of thioether (sulfide) groups is 1. The molecular weight excluding hydrogens is 242 g/mol. The Labute approximate surface area is 114 Å². The van der Waals surface area contributed by atoms with Crippen LogP contribution in [0.5, 0.6) is 0 Å². The third-order valence-electron chi connectivity index (χ3n) is 3.24. The van der Waals surface area contributed by atoms with Crippen LogP contribution in [0.25, 0.3) is 0 Å². The van der Waals surface area contributed by atoms with Gasteiger partial charge in [-0.25, -0.2) is 0 Å². The third-order valence-corrected chi connectivity index (χ3v) is 4.53. The van der Waals surface area contributed by atoms with Gasteiger partial charge in [-0.1, -0.05) is 24.6 Å². The maximum absolute atomic E-state index is 8.99. The van der Waals surface area contributed by atoms with Gasteiger partial charge in [-0.3, -0.25) is 0 Å². The highest BCUT2D eigenvalue weighted by Gasteiger charge is 2.20. The van der Waals surface area contributed by atoms with Crippen LogP contribution in [0.1, 0.15) is 37.3 Å². The Morgan fingerprint density at radius 2 is 2.22 bits per heavy atom. The molecule has 1 aliphatic carbocycles. The highest BCUT2D eigenvalue weighted by molar-refractivity contribution is 8.00. The second kappa shape index (κ2) is 6.60. The van der Waals surface area contributed by atoms with E-state index in [1.165, 1.54) is 28.9 Å². The quantitative estimate of drug-likeness (QED) is 0.743. The maximum atomic E-state index is 8.99. The number of aliphatic hydroxyl groups is 1. The van der Waals surface area contributed by atoms with Crippen molar-refractivity contribution in [1.82, 2.24) is 5.32 Å². The zero-order valence-electron chi connectivity index (χ0n) is 11.3. The van der Waals surface area contributed by atoms with Crippen molar-refractivity contribution in [2.75, 3.05) is 6.61 Å². The molecule has 0 aliphatic heterocycles. The molecule has 0 saturated heterocycles. The number of aliphatic hydroxyl groups excluding tert-OH is 1. The number of benzene rings is 1. The van der Waals surface area contributed by atoms with Crippen LogP contribution in [-0.2, 0) is 6.54 Å². The molecule has 1 saturated carbocycles. The standard InChI is InChI=1S/C15H23NOS/c1-11-3-6-15(18-12(2)7-8-17)13(9-11)10-16-14-4-5-14/h3,6,9,12,14,16-17H,4-5,7-8,10H2,1-2H3. The van der Waals surface area contributed by atoms with Crippen LogP contribution in [0.15, 0.2) is 23.1 Å². The number of rotatable bonds is 7. The van der Waals surface area contributed by atoms with Crippen molar-refractivity contribution in [2.45, 2.75) is 55.8 Å². The van der Waals surface area contributed by atoms with Gasteiger partial charge in [-0.2, -0.15) is 0 Å². The lowest BCUT2D eigenvalue weighted by molar-refractivity contribution is 0.289. The molecule has 0 radical (unpaired) electrons. The SMILES string of the molecule is Cc1ccc(SC(C)CCO)c(CNC2CC2)c1. The molecule has 0 spiro atoms. The smallest absolute Gasteiger partial charge is 0.0441 e. The van der Waals surface area contributed by atoms with E-state index >= 15 is 0 Å². The van der Waals surface area contributed by atoms with Crippen LogP contribution in [0, 0.1) is 6.92 Å². The fourth-order valence-corrected chi connectivity index (χ4v) is 3.05. The summed E-state index contributed by atoms with van der Waals surface area (Å²) in [6.07, 6.45) is 3.51. The molecule has 100 valence electrons. The molecule has 1 atom stereocenters. The minimum absolute atomic E-state index is 0.273. The van der Waals surface area contributed by atoms with Crippen LogP contribution < -0.4 is 5.32 Å². The summed E-state index contributed by atoms with van der Waals surface area (Å²) in [4.78, 5) is 1.36. The Morgan fingerprint density at radius 1 is 1.44 bits per heavy atom. The van der Waals surface area contributed by atoms with Gasteiger partial charge < -0.3 is 10.4 Å². The van der Waals surface area contributed by atoms with Crippen LogP contribution in [0.4, 0.5) is 0 Å². The summed E-state index contributed by atoms with van der Waals surface area (Å²) in [7, 11) is 0. The van der Waals surface area contributed by atoms with E-state index in [4.69, 9.17) is 5.11 Å². The van der Waals surface area contributed by atoms with Crippen molar-refractivity contribution in [1.29, 1.82) is 0 Å². The molecule has 2 nitrogen and oxygen atoms in total. The lowest BCUT2D eigenvalue weighted by Gasteiger charge is -2.15. The Balaban J connectivity index is 2.01. The van der Waals surface area contributed by atoms with Gasteiger partial charge in [0, 0.05) is 29.3 Å². The summed E-state index contributed by atoms with van der Waals surface area (Å²) in [5.41, 5.74) is 2.72. The fourth-order valence-electron chi connectivity index (χ4n) is 1.96. The van der Waals surface area contributed by atoms with Gasteiger partial charge in [0.25, 0.3) is 0 Å². The predicted octanol–water partition coefficient (Wildman–Crippen LogP) is 3.11. The first-order valence-corrected chi connectivity index (χ1v) is 7.67. The first-order chi connectivity index (χ1) is 8.69. The molecule has 1 fully saturated rings. The largest absolute Gasteiger partial charge is 0.396 e. The topological polar surface area (TPSA) is 32.3 Å². The summed E-state index contributed by atoms with van der Waals surface area (Å²) in [6, 6.07) is 7.42. The van der Waals surface area contributed by atoms with Gasteiger partial charge in [0.2, 0.25) is 0 Å². The van der Waals surface area contributed by atoms with Gasteiger partial charge in [0.05, 0.1) is 0 Å². The van der Waals surface area contributed by atoms with Crippen LogP contribution in [-0.4, -0.2) is 23.0 Å². The lowest BCUT2D eigenvalue weighted by Crippen LogP contribution is -2.16. The molecule has 18 heavy (non-hydrogen) atoms. The van der Waals surface area contributed by atoms with Crippen molar-refractivity contribution in [3.05, 3.63) is 29.3 Å². The first-order valence-electron chi connectivity index (χ1n) is 6.79. The van der Waals surface area contributed by atoms with Crippen LogP contribution in [0.2, 0.25) is 0 Å². The number of hydrogen-bond acceptors (Lipinski definition) is 3. The molecule has 1 aromatic carbocycles. The second-order valence-electron chi connectivity index (χ2n) is 5.21. The van der Waals surface area contributed by atoms with E-state index in [1.807, 2.05) is 11.8 Å². The molecular formula is C15H23NOS. The minimum Gasteiger partial charge on any atom is -0.396 e. The average molecular weight is 265 g/mol. The van der Waals surface area contributed by atoms with E-state index in [-0.39, 0.29) is 6.61 Å². The third kappa shape index (κ3) is 4.30. The molecule has 1 aliphatic rings. The fraction of sp³-hybridized carbons (Fsp3) is 0.600. The first kappa shape index (κ1) is 13.9. The summed E-state index contributed by atoms with van der Waals surface area (Å²) < 4.78 is 0. The Kier molecular flexibility index (Phi) is 5.10. The van der Waals surface area contributed by atoms with E-state index in [0.29, 0.717) is 5.25 Å². The summed E-state index contributed by atoms with van der Waals surface area (Å²) >= 11 is 1.88. The van der Waals surface area contributed by atoms with E-state index in [9.17, 15) is 0 Å². The highest BCUT2D eigenvalue weighted by Crippen LogP contribution is 2.30. The molecule has 0 aromatic heterocycles. The zero-order valence-corrected chi connectivity index (χ0v) is 12.1. The molecule has 0 heterocycles. The van der Waals surface area contributed by atoms with E-state index in [1.54, 1.807) is 0 Å². The molecule has 1 unspecified atom stereocenters. The molecule has 0 bridgehead atoms. The Hall–Kier alpha value is -0.510. The van der Waals surface area contributed by atoms with E-state index in [2.05, 4.69) is 37.4 Å². The van der Waals surface area contributed by atoms with Crippen molar-refractivity contribution in [3.8, 4) is 0 Å². The van der Waals surface area contributed by atoms with E-state index in [0.717, 1.165) is 19.0 Å². The zero-order chi connectivity index (χ0) is 13.0. The van der Waals surface area contributed by atoms with Gasteiger partial charge in [-0.15, -0.1) is 11.8 Å². The number of nitrogens with one attached hydrogen (secondary N) is 1. The van der Waals surface area contributed by atoms with E-state index < -0.39 is 0 Å². The predicted molar refractivity (Wildman–Crippen MR) is 78.1 cm³/mol. The summed E-state index contributed by atoms with van der Waals surface area (Å²) in [5.74, 6) is 0. The molecule has 2 N–H and O–H groups in total. The molecule has 1 aromatic rings.